The fourth-order valence-corrected chi connectivity index (χ4v) is 2.79. The topological polar surface area (TPSA) is 65.9 Å². The maximum Gasteiger partial charge on any atom is 0.157 e. The number of nitrogen functional groups attached to an aromatic ring is 1. The molecule has 1 saturated carbocycles. The lowest BCUT2D eigenvalue weighted by molar-refractivity contribution is 0.319. The molecule has 0 atom stereocenters. The Hall–Kier alpha value is -1.28. The highest BCUT2D eigenvalue weighted by atomic mass is 32.1. The second kappa shape index (κ2) is 4.71. The van der Waals surface area contributed by atoms with Gasteiger partial charge in [0.2, 0.25) is 0 Å². The lowest BCUT2D eigenvalue weighted by Crippen LogP contribution is -2.32. The van der Waals surface area contributed by atoms with E-state index in [9.17, 15) is 0 Å². The number of aromatic nitrogens is 1. The van der Waals surface area contributed by atoms with Crippen molar-refractivity contribution in [1.29, 1.82) is 5.26 Å². The van der Waals surface area contributed by atoms with Gasteiger partial charge in [0.25, 0.3) is 0 Å². The molecule has 4 nitrogen and oxygen atoms in total. The van der Waals surface area contributed by atoms with E-state index in [0.717, 1.165) is 24.0 Å². The van der Waals surface area contributed by atoms with Crippen LogP contribution in [0.2, 0.25) is 0 Å². The smallest absolute Gasteiger partial charge is 0.157 e. The van der Waals surface area contributed by atoms with Gasteiger partial charge >= 0.3 is 0 Å². The first-order valence-corrected chi connectivity index (χ1v) is 6.43. The van der Waals surface area contributed by atoms with Crippen molar-refractivity contribution in [3.63, 3.8) is 0 Å². The van der Waals surface area contributed by atoms with Gasteiger partial charge in [-0.2, -0.15) is 9.64 Å². The van der Waals surface area contributed by atoms with E-state index in [1.54, 1.807) is 0 Å². The first-order chi connectivity index (χ1) is 7.76. The summed E-state index contributed by atoms with van der Waals surface area (Å²) in [5.41, 5.74) is 6.22. The molecular formula is C11H16N4S. The third kappa shape index (κ3) is 1.98. The third-order valence-corrected chi connectivity index (χ3v) is 4.11. The maximum absolute atomic E-state index is 9.05. The van der Waals surface area contributed by atoms with Crippen LogP contribution in [-0.4, -0.2) is 17.5 Å². The molecule has 86 valence electrons. The van der Waals surface area contributed by atoms with Gasteiger partial charge in [-0.3, -0.25) is 0 Å². The summed E-state index contributed by atoms with van der Waals surface area (Å²) < 4.78 is 4.06. The Kier molecular flexibility index (Phi) is 3.30. The molecule has 0 amide bonds. The molecule has 5 heteroatoms. The summed E-state index contributed by atoms with van der Waals surface area (Å²) in [5, 5.41) is 9.99. The van der Waals surface area contributed by atoms with Crippen molar-refractivity contribution in [3.8, 4) is 6.07 Å². The van der Waals surface area contributed by atoms with Crippen molar-refractivity contribution >= 4 is 22.4 Å². The fraction of sp³-hybridized carbons (Fsp3) is 0.636. The minimum absolute atomic E-state index is 0.370. The van der Waals surface area contributed by atoms with E-state index in [4.69, 9.17) is 11.0 Å². The number of nitrogens with zero attached hydrogens (tertiary/aromatic N) is 3. The van der Waals surface area contributed by atoms with Gasteiger partial charge in [0, 0.05) is 13.1 Å². The van der Waals surface area contributed by atoms with Crippen LogP contribution < -0.4 is 10.6 Å². The van der Waals surface area contributed by atoms with Gasteiger partial charge < -0.3 is 10.6 Å². The van der Waals surface area contributed by atoms with E-state index in [1.807, 2.05) is 0 Å². The van der Waals surface area contributed by atoms with Crippen LogP contribution >= 0.6 is 11.5 Å². The van der Waals surface area contributed by atoms with Crippen LogP contribution in [0.15, 0.2) is 0 Å². The van der Waals surface area contributed by atoms with Crippen LogP contribution in [0.4, 0.5) is 10.8 Å². The second-order valence-corrected chi connectivity index (χ2v) is 4.95. The Morgan fingerprint density at radius 3 is 2.88 bits per heavy atom. The fourth-order valence-electron chi connectivity index (χ4n) is 1.96. The highest BCUT2D eigenvalue weighted by Crippen LogP contribution is 2.33. The summed E-state index contributed by atoms with van der Waals surface area (Å²) in [6, 6.07) is 2.15. The molecule has 0 aliphatic heterocycles. The van der Waals surface area contributed by atoms with Gasteiger partial charge in [-0.25, -0.2) is 0 Å². The maximum atomic E-state index is 9.05. The predicted octanol–water partition coefficient (Wildman–Crippen LogP) is 2.22. The zero-order valence-electron chi connectivity index (χ0n) is 9.44. The summed E-state index contributed by atoms with van der Waals surface area (Å²) >= 11 is 1.34. The first-order valence-electron chi connectivity index (χ1n) is 5.66. The number of nitriles is 1. The number of hydrogen-bond acceptors (Lipinski definition) is 5. The average Bonchev–Trinajstić information content (AvgIpc) is 2.58. The van der Waals surface area contributed by atoms with Crippen LogP contribution in [0.3, 0.4) is 0 Å². The Balaban J connectivity index is 2.15. The molecule has 16 heavy (non-hydrogen) atoms. The Morgan fingerprint density at radius 1 is 1.62 bits per heavy atom. The number of hydrogen-bond donors (Lipinski definition) is 1. The minimum Gasteiger partial charge on any atom is -0.382 e. The van der Waals surface area contributed by atoms with Crippen molar-refractivity contribution in [3.05, 3.63) is 5.56 Å². The van der Waals surface area contributed by atoms with Crippen molar-refractivity contribution in [2.75, 3.05) is 23.7 Å². The minimum atomic E-state index is 0.370. The number of nitrogens with two attached hydrogens (primary N) is 1. The zero-order chi connectivity index (χ0) is 11.5. The van der Waals surface area contributed by atoms with Crippen molar-refractivity contribution in [2.24, 2.45) is 5.92 Å². The van der Waals surface area contributed by atoms with Gasteiger partial charge in [-0.15, -0.1) is 0 Å². The summed E-state index contributed by atoms with van der Waals surface area (Å²) in [6.07, 6.45) is 3.97. The molecule has 0 unspecified atom stereocenters. The van der Waals surface area contributed by atoms with Gasteiger partial charge in [-0.1, -0.05) is 6.42 Å². The normalized spacial score (nSPS) is 15.5. The number of rotatable bonds is 4. The first kappa shape index (κ1) is 11.2. The molecule has 1 aromatic heterocycles. The van der Waals surface area contributed by atoms with Gasteiger partial charge in [-0.05, 0) is 37.2 Å². The molecule has 2 N–H and O–H groups in total. The van der Waals surface area contributed by atoms with Crippen LogP contribution in [0.5, 0.6) is 0 Å². The summed E-state index contributed by atoms with van der Waals surface area (Å²) in [5.74, 6) is 1.16. The lowest BCUT2D eigenvalue weighted by atomic mass is 9.85. The van der Waals surface area contributed by atoms with E-state index < -0.39 is 0 Å². The highest BCUT2D eigenvalue weighted by molar-refractivity contribution is 7.10. The van der Waals surface area contributed by atoms with Gasteiger partial charge in [0.1, 0.15) is 16.6 Å². The zero-order valence-corrected chi connectivity index (χ0v) is 10.3. The molecule has 0 radical (unpaired) electrons. The average molecular weight is 236 g/mol. The van der Waals surface area contributed by atoms with Crippen molar-refractivity contribution in [1.82, 2.24) is 4.37 Å². The van der Waals surface area contributed by atoms with Gasteiger partial charge in [0.05, 0.1) is 0 Å². The molecule has 0 aromatic carbocycles. The molecule has 1 fully saturated rings. The molecule has 1 heterocycles. The van der Waals surface area contributed by atoms with Crippen LogP contribution in [-0.2, 0) is 0 Å². The van der Waals surface area contributed by atoms with E-state index >= 15 is 0 Å². The van der Waals surface area contributed by atoms with E-state index in [0.29, 0.717) is 11.4 Å². The molecule has 0 bridgehead atoms. The van der Waals surface area contributed by atoms with Crippen molar-refractivity contribution < 1.29 is 0 Å². The van der Waals surface area contributed by atoms with Crippen LogP contribution in [0.1, 0.15) is 31.7 Å². The molecule has 1 aliphatic rings. The molecule has 1 aromatic rings. The van der Waals surface area contributed by atoms with E-state index in [1.165, 1.54) is 30.8 Å². The van der Waals surface area contributed by atoms with Crippen LogP contribution in [0.25, 0.3) is 0 Å². The van der Waals surface area contributed by atoms with Crippen molar-refractivity contribution in [2.45, 2.75) is 26.2 Å². The quantitative estimate of drug-likeness (QED) is 0.870. The highest BCUT2D eigenvalue weighted by Gasteiger charge is 2.23. The van der Waals surface area contributed by atoms with E-state index in [2.05, 4.69) is 22.3 Å². The molecule has 0 spiro atoms. The third-order valence-electron chi connectivity index (χ3n) is 3.18. The SMILES string of the molecule is CCN(CC1CCC1)c1snc(N)c1C#N. The second-order valence-electron chi connectivity index (χ2n) is 4.20. The van der Waals surface area contributed by atoms with Crippen LogP contribution in [0, 0.1) is 17.2 Å². The molecule has 2 rings (SSSR count). The lowest BCUT2D eigenvalue weighted by Gasteiger charge is -2.32. The summed E-state index contributed by atoms with van der Waals surface area (Å²) in [6.45, 7) is 4.05. The van der Waals surface area contributed by atoms with Gasteiger partial charge in [0.15, 0.2) is 5.82 Å². The summed E-state index contributed by atoms with van der Waals surface area (Å²) in [4.78, 5) is 2.23. The Morgan fingerprint density at radius 2 is 2.38 bits per heavy atom. The molecule has 1 aliphatic carbocycles. The number of anilines is 2. The monoisotopic (exact) mass is 236 g/mol. The molecule has 0 saturated heterocycles. The largest absolute Gasteiger partial charge is 0.382 e. The Bertz CT molecular complexity index is 403. The standard InChI is InChI=1S/C11H16N4S/c1-2-15(7-8-4-3-5-8)11-9(6-12)10(13)14-16-11/h8H,2-5,7H2,1H3,(H2,13,14). The Labute approximate surface area is 99.8 Å². The summed E-state index contributed by atoms with van der Waals surface area (Å²) in [7, 11) is 0. The molecular weight excluding hydrogens is 220 g/mol. The van der Waals surface area contributed by atoms with E-state index in [-0.39, 0.29) is 0 Å². The predicted molar refractivity (Wildman–Crippen MR) is 66.5 cm³/mol.